The summed E-state index contributed by atoms with van der Waals surface area (Å²) in [4.78, 5) is 29.3. The summed E-state index contributed by atoms with van der Waals surface area (Å²) in [7, 11) is 3.55. The van der Waals surface area contributed by atoms with Crippen LogP contribution in [0.4, 0.5) is 4.39 Å². The maximum atomic E-state index is 13.0. The van der Waals surface area contributed by atoms with Gasteiger partial charge in [-0.15, -0.1) is 11.3 Å². The number of amides is 2. The molecule has 0 unspecified atom stereocenters. The van der Waals surface area contributed by atoms with Crippen molar-refractivity contribution in [3.05, 3.63) is 15.6 Å². The van der Waals surface area contributed by atoms with E-state index in [9.17, 15) is 14.0 Å². The second-order valence-corrected chi connectivity index (χ2v) is 6.46. The number of rotatable bonds is 7. The number of aromatic nitrogens is 1. The minimum Gasteiger partial charge on any atom is -0.345 e. The maximum absolute atomic E-state index is 13.0. The average Bonchev–Trinajstić information content (AvgIpc) is 2.86. The fourth-order valence-corrected chi connectivity index (χ4v) is 3.02. The molecule has 0 fully saturated rings. The lowest BCUT2D eigenvalue weighted by atomic mass is 10.1. The van der Waals surface area contributed by atoms with E-state index in [2.05, 4.69) is 10.3 Å². The number of likely N-dealkylation sites (N-methyl/N-ethyl adjacent to an activating group) is 1. The molecule has 3 N–H and O–H groups in total. The van der Waals surface area contributed by atoms with Crippen molar-refractivity contribution < 1.29 is 19.2 Å². The predicted octanol–water partition coefficient (Wildman–Crippen LogP) is 1.11. The lowest BCUT2D eigenvalue weighted by Gasteiger charge is -2.21. The van der Waals surface area contributed by atoms with Crippen molar-refractivity contribution in [3.8, 4) is 0 Å². The molecule has 0 aliphatic carbocycles. The van der Waals surface area contributed by atoms with Crippen LogP contribution < -0.4 is 10.8 Å². The van der Waals surface area contributed by atoms with Crippen LogP contribution in [0.15, 0.2) is 0 Å². The van der Waals surface area contributed by atoms with Crippen LogP contribution in [0.2, 0.25) is 0 Å². The maximum Gasteiger partial charge on any atom is 0.286 e. The number of hydrogen-bond acceptors (Lipinski definition) is 6. The van der Waals surface area contributed by atoms with Crippen LogP contribution >= 0.6 is 11.3 Å². The zero-order valence-electron chi connectivity index (χ0n) is 13.0. The number of thiazole rings is 1. The second-order valence-electron chi connectivity index (χ2n) is 5.43. The van der Waals surface area contributed by atoms with E-state index in [1.165, 1.54) is 5.48 Å². The third-order valence-corrected chi connectivity index (χ3v) is 4.04. The van der Waals surface area contributed by atoms with Gasteiger partial charge in [-0.2, -0.15) is 0 Å². The number of nitrogens with zero attached hydrogens (tertiary/aromatic N) is 2. The standard InChI is InChI=1S/C13H21FN4O3S/c1-7(2)10(16-9(19)6-18(3)4)13-15-8(5-14)11(22-13)12(20)17-21/h7,10,21H,5-6H2,1-4H3,(H,16,19)(H,17,20)/t10-/m0/s1. The fourth-order valence-electron chi connectivity index (χ4n) is 1.84. The highest BCUT2D eigenvalue weighted by molar-refractivity contribution is 7.13. The molecule has 0 saturated carbocycles. The zero-order chi connectivity index (χ0) is 16.9. The van der Waals surface area contributed by atoms with Crippen molar-refractivity contribution in [3.63, 3.8) is 0 Å². The Kier molecular flexibility index (Phi) is 6.85. The molecule has 9 heteroatoms. The molecule has 7 nitrogen and oxygen atoms in total. The molecule has 124 valence electrons. The molecule has 1 heterocycles. The average molecular weight is 332 g/mol. The lowest BCUT2D eigenvalue weighted by Crippen LogP contribution is -2.37. The summed E-state index contributed by atoms with van der Waals surface area (Å²) in [6.45, 7) is 3.08. The van der Waals surface area contributed by atoms with Gasteiger partial charge in [-0.25, -0.2) is 14.9 Å². The first-order valence-corrected chi connectivity index (χ1v) is 7.55. The van der Waals surface area contributed by atoms with Gasteiger partial charge in [0.25, 0.3) is 5.91 Å². The van der Waals surface area contributed by atoms with Gasteiger partial charge in [0.05, 0.1) is 18.3 Å². The molecule has 1 aromatic heterocycles. The number of nitrogens with one attached hydrogen (secondary N) is 2. The molecule has 2 amide bonds. The highest BCUT2D eigenvalue weighted by Gasteiger charge is 2.26. The topological polar surface area (TPSA) is 94.6 Å². The summed E-state index contributed by atoms with van der Waals surface area (Å²) >= 11 is 0.963. The Labute approximate surface area is 132 Å². The van der Waals surface area contributed by atoms with Crippen LogP contribution in [-0.4, -0.2) is 47.5 Å². The molecular weight excluding hydrogens is 311 g/mol. The summed E-state index contributed by atoms with van der Waals surface area (Å²) in [6, 6.07) is -0.428. The van der Waals surface area contributed by atoms with Crippen LogP contribution in [-0.2, 0) is 11.5 Å². The smallest absolute Gasteiger partial charge is 0.286 e. The highest BCUT2D eigenvalue weighted by Crippen LogP contribution is 2.29. The molecule has 0 saturated heterocycles. The van der Waals surface area contributed by atoms with Crippen LogP contribution in [0.3, 0.4) is 0 Å². The number of hydroxylamine groups is 1. The van der Waals surface area contributed by atoms with Gasteiger partial charge in [-0.05, 0) is 20.0 Å². The van der Waals surface area contributed by atoms with Gasteiger partial charge in [0, 0.05) is 0 Å². The Balaban J connectivity index is 3.04. The van der Waals surface area contributed by atoms with Gasteiger partial charge >= 0.3 is 0 Å². The van der Waals surface area contributed by atoms with Gasteiger partial charge < -0.3 is 10.2 Å². The minimum absolute atomic E-state index is 0.00695. The van der Waals surface area contributed by atoms with E-state index in [-0.39, 0.29) is 28.9 Å². The Bertz CT molecular complexity index is 533. The molecule has 0 radical (unpaired) electrons. The van der Waals surface area contributed by atoms with Crippen molar-refractivity contribution in [2.24, 2.45) is 5.92 Å². The Morgan fingerprint density at radius 1 is 1.41 bits per heavy atom. The first kappa shape index (κ1) is 18.5. The van der Waals surface area contributed by atoms with Crippen molar-refractivity contribution >= 4 is 23.2 Å². The van der Waals surface area contributed by atoms with E-state index >= 15 is 0 Å². The third kappa shape index (κ3) is 4.72. The number of carbonyl (C=O) groups is 2. The SMILES string of the molecule is CC(C)[C@H](NC(=O)CN(C)C)c1nc(CF)c(C(=O)NO)s1. The number of hydrogen-bond donors (Lipinski definition) is 3. The normalized spacial score (nSPS) is 12.5. The van der Waals surface area contributed by atoms with E-state index in [1.807, 2.05) is 13.8 Å². The monoisotopic (exact) mass is 332 g/mol. The Morgan fingerprint density at radius 3 is 2.50 bits per heavy atom. The van der Waals surface area contributed by atoms with E-state index in [4.69, 9.17) is 5.21 Å². The third-order valence-electron chi connectivity index (χ3n) is 2.86. The first-order valence-electron chi connectivity index (χ1n) is 6.74. The van der Waals surface area contributed by atoms with E-state index in [0.29, 0.717) is 5.01 Å². The van der Waals surface area contributed by atoms with Crippen LogP contribution in [0.1, 0.15) is 40.3 Å². The van der Waals surface area contributed by atoms with Gasteiger partial charge in [0.15, 0.2) is 0 Å². The molecule has 1 aromatic rings. The number of carbonyl (C=O) groups excluding carboxylic acids is 2. The van der Waals surface area contributed by atoms with Crippen molar-refractivity contribution in [2.45, 2.75) is 26.6 Å². The summed E-state index contributed by atoms with van der Waals surface area (Å²) in [5, 5.41) is 12.0. The number of halogens is 1. The Morgan fingerprint density at radius 2 is 2.05 bits per heavy atom. The van der Waals surface area contributed by atoms with Crippen molar-refractivity contribution in [1.29, 1.82) is 0 Å². The van der Waals surface area contributed by atoms with Gasteiger partial charge in [-0.3, -0.25) is 14.8 Å². The van der Waals surface area contributed by atoms with Crippen molar-refractivity contribution in [1.82, 2.24) is 20.7 Å². The van der Waals surface area contributed by atoms with E-state index in [1.54, 1.807) is 19.0 Å². The van der Waals surface area contributed by atoms with E-state index in [0.717, 1.165) is 11.3 Å². The molecule has 0 aromatic carbocycles. The molecular formula is C13H21FN4O3S. The summed E-state index contributed by atoms with van der Waals surface area (Å²) < 4.78 is 13.0. The fraction of sp³-hybridized carbons (Fsp3) is 0.615. The summed E-state index contributed by atoms with van der Waals surface area (Å²) in [5.41, 5.74) is 1.43. The highest BCUT2D eigenvalue weighted by atomic mass is 32.1. The largest absolute Gasteiger partial charge is 0.345 e. The quantitative estimate of drug-likeness (QED) is 0.513. The van der Waals surface area contributed by atoms with Crippen LogP contribution in [0.25, 0.3) is 0 Å². The molecule has 0 spiro atoms. The molecule has 0 aliphatic rings. The molecule has 22 heavy (non-hydrogen) atoms. The first-order chi connectivity index (χ1) is 10.3. The predicted molar refractivity (Wildman–Crippen MR) is 80.5 cm³/mol. The molecule has 0 aliphatic heterocycles. The summed E-state index contributed by atoms with van der Waals surface area (Å²) in [5.74, 6) is -0.984. The molecule has 1 rings (SSSR count). The zero-order valence-corrected chi connectivity index (χ0v) is 13.8. The van der Waals surface area contributed by atoms with Gasteiger partial charge in [-0.1, -0.05) is 13.8 Å². The van der Waals surface area contributed by atoms with Crippen molar-refractivity contribution in [2.75, 3.05) is 20.6 Å². The molecule has 1 atom stereocenters. The second kappa shape index (κ2) is 8.16. The van der Waals surface area contributed by atoms with Gasteiger partial charge in [0.2, 0.25) is 5.91 Å². The lowest BCUT2D eigenvalue weighted by molar-refractivity contribution is -0.122. The van der Waals surface area contributed by atoms with Crippen LogP contribution in [0.5, 0.6) is 0 Å². The molecule has 0 bridgehead atoms. The van der Waals surface area contributed by atoms with Gasteiger partial charge in [0.1, 0.15) is 16.6 Å². The minimum atomic E-state index is -0.921. The Hall–Kier alpha value is -1.58. The number of alkyl halides is 1. The van der Waals surface area contributed by atoms with Crippen LogP contribution in [0, 0.1) is 5.92 Å². The van der Waals surface area contributed by atoms with E-state index < -0.39 is 18.6 Å². The summed E-state index contributed by atoms with van der Waals surface area (Å²) in [6.07, 6.45) is 0.